The van der Waals surface area contributed by atoms with Crippen molar-refractivity contribution in [2.75, 3.05) is 0 Å². The molecule has 12 heavy (non-hydrogen) atoms. The van der Waals surface area contributed by atoms with E-state index in [9.17, 15) is 14.7 Å². The van der Waals surface area contributed by atoms with Crippen LogP contribution in [0.4, 0.5) is 0 Å². The topological polar surface area (TPSA) is 69.2 Å². The van der Waals surface area contributed by atoms with Crippen molar-refractivity contribution in [1.29, 1.82) is 0 Å². The van der Waals surface area contributed by atoms with Crippen LogP contribution < -0.4 is 10.4 Å². The van der Waals surface area contributed by atoms with Gasteiger partial charge in [0.2, 0.25) is 5.91 Å². The quantitative estimate of drug-likeness (QED) is 0.694. The highest BCUT2D eigenvalue weighted by Gasteiger charge is 2.05. The minimum atomic E-state index is -1.39. The first-order valence-corrected chi connectivity index (χ1v) is 4.16. The number of carbonyl (C=O) groups is 2. The number of allylic oxidation sites excluding steroid dienone is 1. The number of rotatable bonds is 3. The highest BCUT2D eigenvalue weighted by atomic mass is 79.9. The predicted octanol–water partition coefficient (Wildman–Crippen LogP) is -0.111. The first-order chi connectivity index (χ1) is 5.49. The third-order valence-corrected chi connectivity index (χ3v) is 2.04. The van der Waals surface area contributed by atoms with Gasteiger partial charge in [0.25, 0.3) is 0 Å². The van der Waals surface area contributed by atoms with Crippen molar-refractivity contribution in [3.63, 3.8) is 0 Å². The summed E-state index contributed by atoms with van der Waals surface area (Å²) in [7, 11) is 0. The number of amides is 1. The lowest BCUT2D eigenvalue weighted by atomic mass is 10.3. The van der Waals surface area contributed by atoms with E-state index in [1.54, 1.807) is 6.92 Å². The molecule has 0 bridgehead atoms. The van der Waals surface area contributed by atoms with Gasteiger partial charge in [-0.2, -0.15) is 0 Å². The van der Waals surface area contributed by atoms with Crippen molar-refractivity contribution in [3.05, 3.63) is 10.2 Å². The summed E-state index contributed by atoms with van der Waals surface area (Å²) in [5.41, 5.74) is -0.204. The summed E-state index contributed by atoms with van der Waals surface area (Å²) < 4.78 is 0.415. The standard InChI is InChI=1S/C7H10BrNO3/c1-3-5(8)6(7(11)12)9-4(2)10/h3H2,1-2H3,(H,9,10)(H,11,12)/p-1. The Kier molecular flexibility index (Phi) is 4.58. The zero-order valence-electron chi connectivity index (χ0n) is 6.81. The number of carboxylic acid groups (broad SMARTS) is 1. The summed E-state index contributed by atoms with van der Waals surface area (Å²) in [5, 5.41) is 12.6. The largest absolute Gasteiger partial charge is 0.543 e. The van der Waals surface area contributed by atoms with Gasteiger partial charge in [-0.3, -0.25) is 4.79 Å². The first-order valence-electron chi connectivity index (χ1n) is 3.36. The third kappa shape index (κ3) is 3.52. The Morgan fingerprint density at radius 2 is 2.00 bits per heavy atom. The summed E-state index contributed by atoms with van der Waals surface area (Å²) >= 11 is 3.02. The fourth-order valence-corrected chi connectivity index (χ4v) is 0.843. The molecule has 0 atom stereocenters. The van der Waals surface area contributed by atoms with Crippen molar-refractivity contribution >= 4 is 27.8 Å². The molecular weight excluding hydrogens is 226 g/mol. The molecule has 0 heterocycles. The Bertz CT molecular complexity index is 235. The molecule has 0 fully saturated rings. The maximum Gasteiger partial charge on any atom is 0.221 e. The van der Waals surface area contributed by atoms with E-state index in [-0.39, 0.29) is 5.70 Å². The molecule has 0 aliphatic rings. The second-order valence-corrected chi connectivity index (χ2v) is 3.06. The van der Waals surface area contributed by atoms with Gasteiger partial charge in [0.1, 0.15) is 0 Å². The summed E-state index contributed by atoms with van der Waals surface area (Å²) in [6, 6.07) is 0. The lowest BCUT2D eigenvalue weighted by Gasteiger charge is -2.10. The average Bonchev–Trinajstić information content (AvgIpc) is 1.98. The van der Waals surface area contributed by atoms with Crippen molar-refractivity contribution in [2.24, 2.45) is 0 Å². The zero-order chi connectivity index (χ0) is 9.72. The SMILES string of the molecule is CCC(Br)=C(NC(C)=O)C(=O)[O-]. The third-order valence-electron chi connectivity index (χ3n) is 1.09. The number of aliphatic carboxylic acids is 1. The van der Waals surface area contributed by atoms with E-state index in [1.807, 2.05) is 0 Å². The lowest BCUT2D eigenvalue weighted by molar-refractivity contribution is -0.299. The normalized spacial score (nSPS) is 11.9. The summed E-state index contributed by atoms with van der Waals surface area (Å²) in [5.74, 6) is -1.82. The van der Waals surface area contributed by atoms with E-state index in [0.29, 0.717) is 10.9 Å². The number of halogens is 1. The van der Waals surface area contributed by atoms with Gasteiger partial charge in [0, 0.05) is 11.4 Å². The second-order valence-electron chi connectivity index (χ2n) is 2.10. The summed E-state index contributed by atoms with van der Waals surface area (Å²) in [6.45, 7) is 2.99. The van der Waals surface area contributed by atoms with Crippen LogP contribution in [0.2, 0.25) is 0 Å². The van der Waals surface area contributed by atoms with Gasteiger partial charge in [-0.15, -0.1) is 0 Å². The maximum atomic E-state index is 10.5. The van der Waals surface area contributed by atoms with Crippen LogP contribution in [-0.4, -0.2) is 11.9 Å². The molecule has 0 rings (SSSR count). The van der Waals surface area contributed by atoms with Crippen LogP contribution in [0.1, 0.15) is 20.3 Å². The Labute approximate surface area is 78.8 Å². The minimum absolute atomic E-state index is 0.204. The summed E-state index contributed by atoms with van der Waals surface area (Å²) in [4.78, 5) is 20.9. The molecule has 0 aromatic carbocycles. The molecule has 0 spiro atoms. The van der Waals surface area contributed by atoms with Gasteiger partial charge in [-0.25, -0.2) is 0 Å². The van der Waals surface area contributed by atoms with E-state index < -0.39 is 11.9 Å². The number of carbonyl (C=O) groups excluding carboxylic acids is 2. The molecule has 0 unspecified atom stereocenters. The molecule has 68 valence electrons. The molecule has 0 aromatic heterocycles. The summed E-state index contributed by atoms with van der Waals surface area (Å²) in [6.07, 6.45) is 0.490. The fraction of sp³-hybridized carbons (Fsp3) is 0.429. The maximum absolute atomic E-state index is 10.5. The number of hydrogen-bond donors (Lipinski definition) is 1. The molecule has 0 aliphatic carbocycles. The number of carboxylic acids is 1. The molecule has 1 N–H and O–H groups in total. The van der Waals surface area contributed by atoms with Gasteiger partial charge in [-0.1, -0.05) is 22.9 Å². The molecule has 0 radical (unpaired) electrons. The van der Waals surface area contributed by atoms with Gasteiger partial charge < -0.3 is 15.2 Å². The number of hydrogen-bond acceptors (Lipinski definition) is 3. The molecular formula is C7H9BrNO3-. The van der Waals surface area contributed by atoms with Crippen LogP contribution in [0.15, 0.2) is 10.2 Å². The fourth-order valence-electron chi connectivity index (χ4n) is 0.582. The molecule has 0 saturated carbocycles. The van der Waals surface area contributed by atoms with E-state index >= 15 is 0 Å². The van der Waals surface area contributed by atoms with Gasteiger partial charge >= 0.3 is 0 Å². The Morgan fingerprint density at radius 1 is 1.50 bits per heavy atom. The molecule has 0 aliphatic heterocycles. The van der Waals surface area contributed by atoms with Crippen LogP contribution in [0.25, 0.3) is 0 Å². The number of nitrogens with one attached hydrogen (secondary N) is 1. The monoisotopic (exact) mass is 234 g/mol. The highest BCUT2D eigenvalue weighted by Crippen LogP contribution is 2.13. The Balaban J connectivity index is 4.66. The van der Waals surface area contributed by atoms with Gasteiger partial charge in [0.15, 0.2) is 0 Å². The molecule has 0 saturated heterocycles. The first kappa shape index (κ1) is 11.2. The molecule has 4 nitrogen and oxygen atoms in total. The highest BCUT2D eigenvalue weighted by molar-refractivity contribution is 9.11. The Morgan fingerprint density at radius 3 is 2.25 bits per heavy atom. The van der Waals surface area contributed by atoms with Crippen LogP contribution in [0.5, 0.6) is 0 Å². The Hall–Kier alpha value is -0.840. The minimum Gasteiger partial charge on any atom is -0.543 e. The lowest BCUT2D eigenvalue weighted by Crippen LogP contribution is -2.35. The molecule has 5 heteroatoms. The van der Waals surface area contributed by atoms with Crippen molar-refractivity contribution in [2.45, 2.75) is 20.3 Å². The van der Waals surface area contributed by atoms with Crippen molar-refractivity contribution < 1.29 is 14.7 Å². The van der Waals surface area contributed by atoms with Crippen LogP contribution >= 0.6 is 15.9 Å². The van der Waals surface area contributed by atoms with E-state index in [0.717, 1.165) is 0 Å². The van der Waals surface area contributed by atoms with Crippen molar-refractivity contribution in [1.82, 2.24) is 5.32 Å². The van der Waals surface area contributed by atoms with Crippen LogP contribution in [0, 0.1) is 0 Å². The van der Waals surface area contributed by atoms with Crippen molar-refractivity contribution in [3.8, 4) is 0 Å². The van der Waals surface area contributed by atoms with Crippen LogP contribution in [0.3, 0.4) is 0 Å². The van der Waals surface area contributed by atoms with Gasteiger partial charge in [-0.05, 0) is 6.42 Å². The zero-order valence-corrected chi connectivity index (χ0v) is 8.40. The smallest absolute Gasteiger partial charge is 0.221 e. The second kappa shape index (κ2) is 4.92. The van der Waals surface area contributed by atoms with E-state index in [4.69, 9.17) is 0 Å². The van der Waals surface area contributed by atoms with Gasteiger partial charge in [0.05, 0.1) is 11.7 Å². The van der Waals surface area contributed by atoms with E-state index in [1.165, 1.54) is 6.92 Å². The molecule has 0 aromatic rings. The van der Waals surface area contributed by atoms with Crippen LogP contribution in [-0.2, 0) is 9.59 Å². The average molecular weight is 235 g/mol. The predicted molar refractivity (Wildman–Crippen MR) is 45.1 cm³/mol. The molecule has 1 amide bonds. The van der Waals surface area contributed by atoms with E-state index in [2.05, 4.69) is 21.2 Å².